The maximum atomic E-state index is 10.2. The highest BCUT2D eigenvalue weighted by Crippen LogP contribution is 2.17. The van der Waals surface area contributed by atoms with E-state index < -0.39 is 6.10 Å². The van der Waals surface area contributed by atoms with Crippen LogP contribution in [0.5, 0.6) is 5.75 Å². The summed E-state index contributed by atoms with van der Waals surface area (Å²) >= 11 is 0. The van der Waals surface area contributed by atoms with Crippen molar-refractivity contribution >= 4 is 0 Å². The van der Waals surface area contributed by atoms with Gasteiger partial charge in [-0.15, -0.1) is 0 Å². The van der Waals surface area contributed by atoms with Crippen molar-refractivity contribution in [3.8, 4) is 5.75 Å². The third-order valence-corrected chi connectivity index (χ3v) is 3.54. The highest BCUT2D eigenvalue weighted by atomic mass is 16.5. The van der Waals surface area contributed by atoms with E-state index in [9.17, 15) is 5.11 Å². The molecule has 0 aliphatic carbocycles. The quantitative estimate of drug-likeness (QED) is 0.822. The zero-order valence-electron chi connectivity index (χ0n) is 12.6. The van der Waals surface area contributed by atoms with Gasteiger partial charge in [0, 0.05) is 12.6 Å². The average Bonchev–Trinajstić information content (AvgIpc) is 2.53. The van der Waals surface area contributed by atoms with Crippen molar-refractivity contribution in [2.24, 2.45) is 0 Å². The van der Waals surface area contributed by atoms with Crippen LogP contribution in [0.25, 0.3) is 0 Å². The Balaban J connectivity index is 1.81. The highest BCUT2D eigenvalue weighted by Gasteiger charge is 2.10. The number of benzene rings is 2. The zero-order chi connectivity index (χ0) is 15.1. The second kappa shape index (κ2) is 7.81. The largest absolute Gasteiger partial charge is 0.497 e. The van der Waals surface area contributed by atoms with E-state index in [0.717, 1.165) is 17.7 Å². The minimum Gasteiger partial charge on any atom is -0.497 e. The number of methoxy groups -OCH3 is 1. The molecule has 2 N–H and O–H groups in total. The van der Waals surface area contributed by atoms with E-state index >= 15 is 0 Å². The molecule has 21 heavy (non-hydrogen) atoms. The molecule has 2 atom stereocenters. The summed E-state index contributed by atoms with van der Waals surface area (Å²) in [6, 6.07) is 18.2. The van der Waals surface area contributed by atoms with Crippen molar-refractivity contribution in [3.05, 3.63) is 65.7 Å². The monoisotopic (exact) mass is 285 g/mol. The van der Waals surface area contributed by atoms with Gasteiger partial charge >= 0.3 is 0 Å². The lowest BCUT2D eigenvalue weighted by molar-refractivity contribution is 0.170. The van der Waals surface area contributed by atoms with Crippen LogP contribution in [0, 0.1) is 0 Å². The van der Waals surface area contributed by atoms with Gasteiger partial charge in [0.25, 0.3) is 0 Å². The molecule has 0 spiro atoms. The van der Waals surface area contributed by atoms with Gasteiger partial charge in [-0.1, -0.05) is 42.5 Å². The summed E-state index contributed by atoms with van der Waals surface area (Å²) < 4.78 is 5.12. The average molecular weight is 285 g/mol. The van der Waals surface area contributed by atoms with Crippen LogP contribution >= 0.6 is 0 Å². The SMILES string of the molecule is COc1ccc([C@@H](O)CN[C@H](C)Cc2ccccc2)cc1. The van der Waals surface area contributed by atoms with Crippen molar-refractivity contribution in [2.75, 3.05) is 13.7 Å². The number of rotatable bonds is 7. The first-order valence-electron chi connectivity index (χ1n) is 7.28. The summed E-state index contributed by atoms with van der Waals surface area (Å²) in [5.74, 6) is 0.802. The molecule has 0 radical (unpaired) electrons. The van der Waals surface area contributed by atoms with Gasteiger partial charge < -0.3 is 15.2 Å². The summed E-state index contributed by atoms with van der Waals surface area (Å²) in [5, 5.41) is 13.6. The van der Waals surface area contributed by atoms with Crippen LogP contribution in [-0.2, 0) is 6.42 Å². The van der Waals surface area contributed by atoms with Crippen molar-refractivity contribution in [1.29, 1.82) is 0 Å². The van der Waals surface area contributed by atoms with Crippen molar-refractivity contribution in [2.45, 2.75) is 25.5 Å². The van der Waals surface area contributed by atoms with E-state index in [1.807, 2.05) is 42.5 Å². The second-order valence-corrected chi connectivity index (χ2v) is 5.29. The summed E-state index contributed by atoms with van der Waals surface area (Å²) in [4.78, 5) is 0. The van der Waals surface area contributed by atoms with Gasteiger partial charge in [0.15, 0.2) is 0 Å². The van der Waals surface area contributed by atoms with E-state index in [-0.39, 0.29) is 0 Å². The number of aliphatic hydroxyl groups is 1. The molecule has 0 heterocycles. The standard InChI is InChI=1S/C18H23NO2/c1-14(12-15-6-4-3-5-7-15)19-13-18(20)16-8-10-17(21-2)11-9-16/h3-11,14,18-20H,12-13H2,1-2H3/t14-,18+/m1/s1. The smallest absolute Gasteiger partial charge is 0.118 e. The molecule has 2 rings (SSSR count). The lowest BCUT2D eigenvalue weighted by atomic mass is 10.1. The van der Waals surface area contributed by atoms with Crippen molar-refractivity contribution < 1.29 is 9.84 Å². The fraction of sp³-hybridized carbons (Fsp3) is 0.333. The third kappa shape index (κ3) is 4.88. The second-order valence-electron chi connectivity index (χ2n) is 5.29. The number of ether oxygens (including phenoxy) is 1. The normalized spacial score (nSPS) is 13.7. The van der Waals surface area contributed by atoms with E-state index in [1.54, 1.807) is 7.11 Å². The molecule has 0 bridgehead atoms. The molecule has 0 aromatic heterocycles. The van der Waals surface area contributed by atoms with Crippen LogP contribution in [-0.4, -0.2) is 24.8 Å². The first-order valence-corrected chi connectivity index (χ1v) is 7.28. The molecule has 0 aliphatic heterocycles. The highest BCUT2D eigenvalue weighted by molar-refractivity contribution is 5.28. The van der Waals surface area contributed by atoms with Gasteiger partial charge in [0.1, 0.15) is 5.75 Å². The van der Waals surface area contributed by atoms with Crippen LogP contribution < -0.4 is 10.1 Å². The van der Waals surface area contributed by atoms with Gasteiger partial charge in [0.2, 0.25) is 0 Å². The zero-order valence-corrected chi connectivity index (χ0v) is 12.6. The molecule has 2 aromatic carbocycles. The van der Waals surface area contributed by atoms with Crippen LogP contribution in [0.1, 0.15) is 24.2 Å². The maximum Gasteiger partial charge on any atom is 0.118 e. The Morgan fingerprint density at radius 3 is 2.33 bits per heavy atom. The molecular formula is C18H23NO2. The molecule has 3 nitrogen and oxygen atoms in total. The predicted octanol–water partition coefficient (Wildman–Crippen LogP) is 2.95. The van der Waals surface area contributed by atoms with Gasteiger partial charge in [-0.3, -0.25) is 0 Å². The minimum absolute atomic E-state index is 0.320. The molecular weight excluding hydrogens is 262 g/mol. The Morgan fingerprint density at radius 2 is 1.71 bits per heavy atom. The fourth-order valence-electron chi connectivity index (χ4n) is 2.30. The first-order chi connectivity index (χ1) is 10.2. The van der Waals surface area contributed by atoms with E-state index in [4.69, 9.17) is 4.74 Å². The molecule has 2 aromatic rings. The number of hydrogen-bond acceptors (Lipinski definition) is 3. The maximum absolute atomic E-state index is 10.2. The summed E-state index contributed by atoms with van der Waals surface area (Å²) in [6.45, 7) is 2.67. The Kier molecular flexibility index (Phi) is 5.78. The Hall–Kier alpha value is -1.84. The molecule has 0 unspecified atom stereocenters. The Labute approximate surface area is 126 Å². The van der Waals surface area contributed by atoms with Gasteiger partial charge in [0.05, 0.1) is 13.2 Å². The molecule has 0 saturated heterocycles. The minimum atomic E-state index is -0.505. The van der Waals surface area contributed by atoms with E-state index in [2.05, 4.69) is 24.4 Å². The van der Waals surface area contributed by atoms with Gasteiger partial charge in [-0.25, -0.2) is 0 Å². The van der Waals surface area contributed by atoms with Gasteiger partial charge in [-0.2, -0.15) is 0 Å². The predicted molar refractivity (Wildman–Crippen MR) is 85.6 cm³/mol. The third-order valence-electron chi connectivity index (χ3n) is 3.54. The van der Waals surface area contributed by atoms with E-state index in [0.29, 0.717) is 12.6 Å². The molecule has 0 fully saturated rings. The molecule has 112 valence electrons. The number of aliphatic hydroxyl groups excluding tert-OH is 1. The van der Waals surface area contributed by atoms with Crippen LogP contribution in [0.4, 0.5) is 0 Å². The lowest BCUT2D eigenvalue weighted by Gasteiger charge is -2.17. The van der Waals surface area contributed by atoms with Crippen LogP contribution in [0.15, 0.2) is 54.6 Å². The summed E-state index contributed by atoms with van der Waals surface area (Å²) in [6.07, 6.45) is 0.449. The van der Waals surface area contributed by atoms with Crippen LogP contribution in [0.3, 0.4) is 0 Å². The molecule has 0 aliphatic rings. The molecule has 3 heteroatoms. The fourth-order valence-corrected chi connectivity index (χ4v) is 2.30. The van der Waals surface area contributed by atoms with E-state index in [1.165, 1.54) is 5.56 Å². The van der Waals surface area contributed by atoms with Gasteiger partial charge in [-0.05, 0) is 36.6 Å². The van der Waals surface area contributed by atoms with Crippen LogP contribution in [0.2, 0.25) is 0 Å². The first kappa shape index (κ1) is 15.5. The number of hydrogen-bond donors (Lipinski definition) is 2. The molecule has 0 amide bonds. The molecule has 0 saturated carbocycles. The van der Waals surface area contributed by atoms with Crippen molar-refractivity contribution in [1.82, 2.24) is 5.32 Å². The summed E-state index contributed by atoms with van der Waals surface area (Å²) in [7, 11) is 1.64. The summed E-state index contributed by atoms with van der Waals surface area (Å²) in [5.41, 5.74) is 2.20. The lowest BCUT2D eigenvalue weighted by Crippen LogP contribution is -2.32. The Morgan fingerprint density at radius 1 is 1.05 bits per heavy atom. The Bertz CT molecular complexity index is 525. The van der Waals surface area contributed by atoms with Crippen molar-refractivity contribution in [3.63, 3.8) is 0 Å². The number of nitrogens with one attached hydrogen (secondary N) is 1. The topological polar surface area (TPSA) is 41.5 Å².